The Bertz CT molecular complexity index is 1560. The summed E-state index contributed by atoms with van der Waals surface area (Å²) in [4.78, 5) is 34.2. The van der Waals surface area contributed by atoms with Crippen molar-refractivity contribution in [3.05, 3.63) is 84.1 Å². The minimum absolute atomic E-state index is 0.236. The monoisotopic (exact) mass is 509 g/mol. The van der Waals surface area contributed by atoms with Crippen LogP contribution in [0.5, 0.6) is 0 Å². The Morgan fingerprint density at radius 1 is 0.838 bits per heavy atom. The van der Waals surface area contributed by atoms with Gasteiger partial charge in [0.2, 0.25) is 11.8 Å². The number of para-hydroxylation sites is 2. The Balaban J connectivity index is 1.22. The first-order valence-corrected chi connectivity index (χ1v) is 12.9. The molecule has 6 heterocycles. The smallest absolute Gasteiger partial charge is 0.242 e. The minimum atomic E-state index is -0.576. The number of ether oxygens (including phenoxy) is 1. The van der Waals surface area contributed by atoms with Crippen LogP contribution in [0, 0.1) is 17.8 Å². The van der Waals surface area contributed by atoms with E-state index < -0.39 is 24.0 Å². The maximum Gasteiger partial charge on any atom is 0.242 e. The topological polar surface area (TPSA) is 106 Å². The third-order valence-electron chi connectivity index (χ3n) is 7.66. The van der Waals surface area contributed by atoms with Crippen molar-refractivity contribution in [2.45, 2.75) is 18.2 Å². The zero-order chi connectivity index (χ0) is 24.7. The van der Waals surface area contributed by atoms with Gasteiger partial charge in [-0.25, -0.2) is 9.88 Å². The van der Waals surface area contributed by atoms with Crippen molar-refractivity contribution in [1.82, 2.24) is 20.0 Å². The molecule has 182 valence electrons. The zero-order valence-electron chi connectivity index (χ0n) is 19.2. The van der Waals surface area contributed by atoms with E-state index in [0.717, 1.165) is 17.1 Å². The van der Waals surface area contributed by atoms with Crippen LogP contribution in [-0.2, 0) is 14.3 Å². The number of hydrogen-bond acceptors (Lipinski definition) is 9. The molecule has 8 rings (SSSR count). The number of rotatable bonds is 4. The van der Waals surface area contributed by atoms with Gasteiger partial charge in [-0.2, -0.15) is 15.0 Å². The molecule has 0 aliphatic carbocycles. The van der Waals surface area contributed by atoms with Crippen molar-refractivity contribution < 1.29 is 14.3 Å². The summed E-state index contributed by atoms with van der Waals surface area (Å²) in [7, 11) is 0. The Hall–Kier alpha value is -4.22. The van der Waals surface area contributed by atoms with Crippen LogP contribution < -0.4 is 9.91 Å². The molecule has 2 amide bonds. The molecule has 11 heteroatoms. The number of imide groups is 1. The molecule has 6 atom stereocenters. The molecule has 37 heavy (non-hydrogen) atoms. The Morgan fingerprint density at radius 2 is 1.54 bits per heavy atom. The van der Waals surface area contributed by atoms with Gasteiger partial charge in [0.05, 0.1) is 59.3 Å². The van der Waals surface area contributed by atoms with Crippen molar-refractivity contribution in [1.29, 1.82) is 0 Å². The lowest BCUT2D eigenvalue weighted by molar-refractivity contribution is -0.125. The lowest BCUT2D eigenvalue weighted by Crippen LogP contribution is -2.50. The van der Waals surface area contributed by atoms with Crippen LogP contribution in [0.4, 0.5) is 10.8 Å². The average Bonchev–Trinajstić information content (AvgIpc) is 3.76. The van der Waals surface area contributed by atoms with Crippen molar-refractivity contribution in [3.63, 3.8) is 0 Å². The number of amides is 2. The van der Waals surface area contributed by atoms with E-state index in [4.69, 9.17) is 14.9 Å². The van der Waals surface area contributed by atoms with E-state index in [1.54, 1.807) is 22.6 Å². The number of carbonyl (C=O) groups excluding carboxylic acids is 2. The van der Waals surface area contributed by atoms with E-state index in [0.29, 0.717) is 10.8 Å². The molecule has 2 aromatic heterocycles. The maximum absolute atomic E-state index is 13.6. The van der Waals surface area contributed by atoms with Gasteiger partial charge in [-0.15, -0.1) is 16.4 Å². The number of hydrazone groups is 1. The molecule has 2 bridgehead atoms. The second-order valence-corrected chi connectivity index (χ2v) is 10.4. The van der Waals surface area contributed by atoms with Gasteiger partial charge < -0.3 is 4.74 Å². The number of nitrogens with zero attached hydrogens (tertiary/aromatic N) is 7. The largest absolute Gasteiger partial charge is 0.370 e. The second-order valence-electron chi connectivity index (χ2n) is 9.48. The van der Waals surface area contributed by atoms with Gasteiger partial charge in [0.15, 0.2) is 5.13 Å². The maximum atomic E-state index is 13.6. The number of anilines is 2. The molecule has 0 spiro atoms. The first-order valence-electron chi connectivity index (χ1n) is 12.0. The van der Waals surface area contributed by atoms with Gasteiger partial charge in [0, 0.05) is 11.6 Å². The molecule has 2 aromatic carbocycles. The summed E-state index contributed by atoms with van der Waals surface area (Å²) in [6, 6.07) is 19.2. The van der Waals surface area contributed by atoms with E-state index in [-0.39, 0.29) is 23.8 Å². The molecule has 4 aliphatic rings. The SMILES string of the molecule is O=C1[C@@H]2[C@@H]3O[C@@H]([C@H]4C(c5cnn(-c6ccccc6)n5)=NN(c5ccccc5)[C@@H]34)[C@@H]2C(=O)N1c1nccs1. The van der Waals surface area contributed by atoms with Crippen LogP contribution >= 0.6 is 11.3 Å². The molecule has 3 saturated heterocycles. The van der Waals surface area contributed by atoms with Gasteiger partial charge >= 0.3 is 0 Å². The highest BCUT2D eigenvalue weighted by Crippen LogP contribution is 2.56. The number of aromatic nitrogens is 4. The minimum Gasteiger partial charge on any atom is -0.370 e. The summed E-state index contributed by atoms with van der Waals surface area (Å²) in [6.07, 6.45) is 2.33. The van der Waals surface area contributed by atoms with Gasteiger partial charge in [-0.1, -0.05) is 36.4 Å². The van der Waals surface area contributed by atoms with Crippen LogP contribution in [0.15, 0.2) is 83.5 Å². The highest BCUT2D eigenvalue weighted by Gasteiger charge is 2.72. The molecule has 4 aromatic rings. The Kier molecular flexibility index (Phi) is 4.32. The van der Waals surface area contributed by atoms with Crippen molar-refractivity contribution in [3.8, 4) is 5.69 Å². The molecule has 10 nitrogen and oxygen atoms in total. The lowest BCUT2D eigenvalue weighted by Gasteiger charge is -2.32. The molecular formula is C26H19N7O3S. The van der Waals surface area contributed by atoms with Crippen molar-refractivity contribution >= 4 is 39.7 Å². The predicted octanol–water partition coefficient (Wildman–Crippen LogP) is 2.52. The van der Waals surface area contributed by atoms with Crippen LogP contribution in [-0.4, -0.2) is 55.8 Å². The molecule has 4 aliphatic heterocycles. The summed E-state index contributed by atoms with van der Waals surface area (Å²) in [5.74, 6) is -1.87. The molecule has 0 radical (unpaired) electrons. The number of benzene rings is 2. The fourth-order valence-electron chi connectivity index (χ4n) is 6.23. The number of fused-ring (bicyclic) bond motifs is 8. The molecular weight excluding hydrogens is 490 g/mol. The summed E-state index contributed by atoms with van der Waals surface area (Å²) in [5.41, 5.74) is 3.07. The van der Waals surface area contributed by atoms with Gasteiger partial charge in [-0.3, -0.25) is 14.6 Å². The average molecular weight is 510 g/mol. The summed E-state index contributed by atoms with van der Waals surface area (Å²) >= 11 is 1.28. The highest BCUT2D eigenvalue weighted by molar-refractivity contribution is 7.14. The quantitative estimate of drug-likeness (QED) is 0.389. The summed E-state index contributed by atoms with van der Waals surface area (Å²) in [5, 5.41) is 18.3. The standard InChI is InChI=1S/C26H19N7O3S/c34-24-17-18(25(35)31(24)26-27-11-12-37-26)23-21-19(22(17)36-23)20(30-32(21)14-7-3-1-4-8-14)16-13-28-33(29-16)15-9-5-2-6-10-15/h1-13,17-19,21-23H/t17-,18+,19+,21-,22-,23+/m1/s1. The van der Waals surface area contributed by atoms with E-state index in [1.807, 2.05) is 65.7 Å². The number of hydrogen-bond donors (Lipinski definition) is 0. The fourth-order valence-corrected chi connectivity index (χ4v) is 6.88. The lowest BCUT2D eigenvalue weighted by atomic mass is 9.70. The zero-order valence-corrected chi connectivity index (χ0v) is 20.0. The van der Waals surface area contributed by atoms with Gasteiger partial charge in [0.1, 0.15) is 5.69 Å². The summed E-state index contributed by atoms with van der Waals surface area (Å²) < 4.78 is 6.44. The molecule has 0 N–H and O–H groups in total. The Labute approximate surface area is 214 Å². The first kappa shape index (κ1) is 20.9. The summed E-state index contributed by atoms with van der Waals surface area (Å²) in [6.45, 7) is 0. The molecule has 3 fully saturated rings. The second kappa shape index (κ2) is 7.64. The number of carbonyl (C=O) groups is 2. The van der Waals surface area contributed by atoms with Crippen LogP contribution in [0.1, 0.15) is 5.69 Å². The van der Waals surface area contributed by atoms with Gasteiger partial charge in [-0.05, 0) is 24.3 Å². The van der Waals surface area contributed by atoms with E-state index in [9.17, 15) is 9.59 Å². The van der Waals surface area contributed by atoms with E-state index in [2.05, 4.69) is 10.1 Å². The van der Waals surface area contributed by atoms with Crippen LogP contribution in [0.3, 0.4) is 0 Å². The highest BCUT2D eigenvalue weighted by atomic mass is 32.1. The third-order valence-corrected chi connectivity index (χ3v) is 8.42. The number of thiazole rings is 1. The van der Waals surface area contributed by atoms with Crippen molar-refractivity contribution in [2.24, 2.45) is 22.9 Å². The normalized spacial score (nSPS) is 29.7. The fraction of sp³-hybridized carbons (Fsp3) is 0.231. The van der Waals surface area contributed by atoms with E-state index >= 15 is 0 Å². The van der Waals surface area contributed by atoms with Gasteiger partial charge in [0.25, 0.3) is 0 Å². The third kappa shape index (κ3) is 2.83. The van der Waals surface area contributed by atoms with Crippen molar-refractivity contribution in [2.75, 3.05) is 9.91 Å². The Morgan fingerprint density at radius 3 is 2.24 bits per heavy atom. The van der Waals surface area contributed by atoms with Crippen LogP contribution in [0.25, 0.3) is 5.69 Å². The predicted molar refractivity (Wildman–Crippen MR) is 134 cm³/mol. The first-order chi connectivity index (χ1) is 18.2. The van der Waals surface area contributed by atoms with Crippen LogP contribution in [0.2, 0.25) is 0 Å². The van der Waals surface area contributed by atoms with E-state index in [1.165, 1.54) is 16.2 Å². The molecule has 0 unspecified atom stereocenters. The molecule has 0 saturated carbocycles.